The molecule has 0 unspecified atom stereocenters. The SMILES string of the molecule is COC(=O)c1cccc(-c2ccc(OC)c(N)n2)c1. The van der Waals surface area contributed by atoms with Gasteiger partial charge in [-0.05, 0) is 24.3 Å². The molecule has 0 saturated heterocycles. The first-order valence-electron chi connectivity index (χ1n) is 5.65. The number of benzene rings is 1. The summed E-state index contributed by atoms with van der Waals surface area (Å²) in [5.74, 6) is 0.444. The number of anilines is 1. The van der Waals surface area contributed by atoms with Crippen LogP contribution in [0.1, 0.15) is 10.4 Å². The maximum atomic E-state index is 11.5. The van der Waals surface area contributed by atoms with Crippen LogP contribution < -0.4 is 10.5 Å². The van der Waals surface area contributed by atoms with Gasteiger partial charge in [0.1, 0.15) is 0 Å². The summed E-state index contributed by atoms with van der Waals surface area (Å²) in [5, 5.41) is 0. The number of methoxy groups -OCH3 is 2. The summed E-state index contributed by atoms with van der Waals surface area (Å²) in [4.78, 5) is 15.7. The van der Waals surface area contributed by atoms with E-state index in [9.17, 15) is 4.79 Å². The van der Waals surface area contributed by atoms with Gasteiger partial charge >= 0.3 is 5.97 Å². The third-order valence-corrected chi connectivity index (χ3v) is 2.69. The predicted molar refractivity (Wildman–Crippen MR) is 72.0 cm³/mol. The number of esters is 1. The van der Waals surface area contributed by atoms with E-state index in [2.05, 4.69) is 9.72 Å². The highest BCUT2D eigenvalue weighted by molar-refractivity contribution is 5.90. The lowest BCUT2D eigenvalue weighted by molar-refractivity contribution is 0.0601. The molecule has 0 spiro atoms. The Morgan fingerprint density at radius 3 is 2.63 bits per heavy atom. The first-order valence-corrected chi connectivity index (χ1v) is 5.65. The fraction of sp³-hybridized carbons (Fsp3) is 0.143. The lowest BCUT2D eigenvalue weighted by Gasteiger charge is -2.07. The monoisotopic (exact) mass is 258 g/mol. The zero-order valence-electron chi connectivity index (χ0n) is 10.7. The minimum Gasteiger partial charge on any atom is -0.493 e. The summed E-state index contributed by atoms with van der Waals surface area (Å²) in [7, 11) is 2.88. The molecule has 0 amide bonds. The summed E-state index contributed by atoms with van der Waals surface area (Å²) in [6, 6.07) is 10.5. The van der Waals surface area contributed by atoms with E-state index in [1.54, 1.807) is 30.3 Å². The second-order valence-corrected chi connectivity index (χ2v) is 3.86. The van der Waals surface area contributed by atoms with Crippen LogP contribution in [0.3, 0.4) is 0 Å². The lowest BCUT2D eigenvalue weighted by atomic mass is 10.1. The van der Waals surface area contributed by atoms with Crippen molar-refractivity contribution in [2.45, 2.75) is 0 Å². The van der Waals surface area contributed by atoms with Gasteiger partial charge in [-0.1, -0.05) is 12.1 Å². The van der Waals surface area contributed by atoms with Gasteiger partial charge in [-0.25, -0.2) is 9.78 Å². The summed E-state index contributed by atoms with van der Waals surface area (Å²) >= 11 is 0. The number of ether oxygens (including phenoxy) is 2. The number of aromatic nitrogens is 1. The molecule has 1 heterocycles. The zero-order chi connectivity index (χ0) is 13.8. The van der Waals surface area contributed by atoms with Gasteiger partial charge in [0.2, 0.25) is 0 Å². The number of nitrogens with two attached hydrogens (primary N) is 1. The number of pyridine rings is 1. The molecule has 19 heavy (non-hydrogen) atoms. The highest BCUT2D eigenvalue weighted by Gasteiger charge is 2.09. The van der Waals surface area contributed by atoms with Gasteiger partial charge in [-0.3, -0.25) is 0 Å². The van der Waals surface area contributed by atoms with Crippen LogP contribution in [-0.4, -0.2) is 25.2 Å². The molecule has 0 atom stereocenters. The van der Waals surface area contributed by atoms with E-state index >= 15 is 0 Å². The van der Waals surface area contributed by atoms with E-state index in [0.717, 1.165) is 5.56 Å². The molecule has 98 valence electrons. The van der Waals surface area contributed by atoms with Crippen LogP contribution in [0.4, 0.5) is 5.82 Å². The quantitative estimate of drug-likeness (QED) is 0.853. The first-order chi connectivity index (χ1) is 9.15. The number of hydrogen-bond donors (Lipinski definition) is 1. The van der Waals surface area contributed by atoms with Crippen LogP contribution in [0.15, 0.2) is 36.4 Å². The van der Waals surface area contributed by atoms with Gasteiger partial charge in [0.15, 0.2) is 11.6 Å². The number of carbonyl (C=O) groups is 1. The average molecular weight is 258 g/mol. The van der Waals surface area contributed by atoms with Crippen molar-refractivity contribution in [3.8, 4) is 17.0 Å². The van der Waals surface area contributed by atoms with Gasteiger partial charge in [0.25, 0.3) is 0 Å². The Balaban J connectivity index is 2.41. The molecule has 0 aliphatic rings. The van der Waals surface area contributed by atoms with E-state index in [-0.39, 0.29) is 5.97 Å². The Morgan fingerprint density at radius 1 is 1.21 bits per heavy atom. The van der Waals surface area contributed by atoms with Crippen molar-refractivity contribution in [3.63, 3.8) is 0 Å². The standard InChI is InChI=1S/C14H14N2O3/c1-18-12-7-6-11(16-13(12)15)9-4-3-5-10(8-9)14(17)19-2/h3-8H,1-2H3,(H2,15,16). The van der Waals surface area contributed by atoms with E-state index in [4.69, 9.17) is 10.5 Å². The maximum absolute atomic E-state index is 11.5. The molecule has 2 aromatic rings. The normalized spacial score (nSPS) is 10.0. The molecular weight excluding hydrogens is 244 g/mol. The average Bonchev–Trinajstić information content (AvgIpc) is 2.46. The smallest absolute Gasteiger partial charge is 0.337 e. The molecule has 1 aromatic carbocycles. The fourth-order valence-corrected chi connectivity index (χ4v) is 1.72. The predicted octanol–water partition coefficient (Wildman–Crippen LogP) is 2.13. The van der Waals surface area contributed by atoms with Gasteiger partial charge in [0.05, 0.1) is 25.5 Å². The summed E-state index contributed by atoms with van der Waals surface area (Å²) in [5.41, 5.74) is 7.69. The van der Waals surface area contributed by atoms with Crippen LogP contribution in [0.5, 0.6) is 5.75 Å². The topological polar surface area (TPSA) is 74.4 Å². The summed E-state index contributed by atoms with van der Waals surface area (Å²) < 4.78 is 9.74. The molecule has 1 aromatic heterocycles. The molecule has 2 N–H and O–H groups in total. The second kappa shape index (κ2) is 5.39. The van der Waals surface area contributed by atoms with E-state index < -0.39 is 0 Å². The van der Waals surface area contributed by atoms with Crippen molar-refractivity contribution < 1.29 is 14.3 Å². The molecule has 5 heteroatoms. The number of nitrogens with zero attached hydrogens (tertiary/aromatic N) is 1. The Labute approximate surface area is 111 Å². The summed E-state index contributed by atoms with van der Waals surface area (Å²) in [6.45, 7) is 0. The van der Waals surface area contributed by atoms with Crippen molar-refractivity contribution in [2.75, 3.05) is 20.0 Å². The van der Waals surface area contributed by atoms with E-state index in [1.165, 1.54) is 14.2 Å². The molecule has 0 bridgehead atoms. The van der Waals surface area contributed by atoms with Crippen molar-refractivity contribution in [1.29, 1.82) is 0 Å². The van der Waals surface area contributed by atoms with Crippen molar-refractivity contribution in [3.05, 3.63) is 42.0 Å². The Morgan fingerprint density at radius 2 is 2.00 bits per heavy atom. The molecule has 0 radical (unpaired) electrons. The molecule has 5 nitrogen and oxygen atoms in total. The van der Waals surface area contributed by atoms with Crippen LogP contribution in [0.25, 0.3) is 11.3 Å². The first kappa shape index (κ1) is 12.9. The number of nitrogen functional groups attached to an aromatic ring is 1. The minimum absolute atomic E-state index is 0.309. The Hall–Kier alpha value is -2.56. The van der Waals surface area contributed by atoms with Gasteiger partial charge < -0.3 is 15.2 Å². The van der Waals surface area contributed by atoms with Crippen LogP contribution in [0, 0.1) is 0 Å². The molecule has 0 saturated carbocycles. The second-order valence-electron chi connectivity index (χ2n) is 3.86. The molecule has 2 rings (SSSR count). The number of rotatable bonds is 3. The fourth-order valence-electron chi connectivity index (χ4n) is 1.72. The molecule has 0 aliphatic carbocycles. The molecular formula is C14H14N2O3. The van der Waals surface area contributed by atoms with Crippen LogP contribution >= 0.6 is 0 Å². The third kappa shape index (κ3) is 2.65. The van der Waals surface area contributed by atoms with Gasteiger partial charge in [-0.2, -0.15) is 0 Å². The van der Waals surface area contributed by atoms with Crippen LogP contribution in [0.2, 0.25) is 0 Å². The highest BCUT2D eigenvalue weighted by Crippen LogP contribution is 2.25. The number of hydrogen-bond acceptors (Lipinski definition) is 5. The van der Waals surface area contributed by atoms with E-state index in [0.29, 0.717) is 22.8 Å². The third-order valence-electron chi connectivity index (χ3n) is 2.69. The maximum Gasteiger partial charge on any atom is 0.337 e. The van der Waals surface area contributed by atoms with E-state index in [1.807, 2.05) is 6.07 Å². The van der Waals surface area contributed by atoms with Gasteiger partial charge in [0, 0.05) is 5.56 Å². The van der Waals surface area contributed by atoms with Crippen molar-refractivity contribution in [1.82, 2.24) is 4.98 Å². The van der Waals surface area contributed by atoms with Gasteiger partial charge in [-0.15, -0.1) is 0 Å². The molecule has 0 aliphatic heterocycles. The lowest BCUT2D eigenvalue weighted by Crippen LogP contribution is -2.01. The van der Waals surface area contributed by atoms with Crippen LogP contribution in [-0.2, 0) is 4.74 Å². The van der Waals surface area contributed by atoms with Crippen molar-refractivity contribution in [2.24, 2.45) is 0 Å². The number of carbonyl (C=O) groups excluding carboxylic acids is 1. The Kier molecular flexibility index (Phi) is 3.66. The Bertz CT molecular complexity index is 611. The highest BCUT2D eigenvalue weighted by atomic mass is 16.5. The summed E-state index contributed by atoms with van der Waals surface area (Å²) in [6.07, 6.45) is 0. The zero-order valence-corrected chi connectivity index (χ0v) is 10.7. The van der Waals surface area contributed by atoms with Crippen molar-refractivity contribution >= 4 is 11.8 Å². The molecule has 0 fully saturated rings. The minimum atomic E-state index is -0.386. The largest absolute Gasteiger partial charge is 0.493 e.